The van der Waals surface area contributed by atoms with Gasteiger partial charge in [0.05, 0.1) is 57.9 Å². The first-order valence-corrected chi connectivity index (χ1v) is 39.8. The quantitative estimate of drug-likeness (QED) is 0.187. The second kappa shape index (κ2) is 41.4. The first-order chi connectivity index (χ1) is 39.0. The predicted octanol–water partition coefficient (Wildman–Crippen LogP) is 5.40. The molecule has 0 aromatic heterocycles. The van der Waals surface area contributed by atoms with Crippen molar-refractivity contribution in [3.63, 3.8) is 0 Å². The van der Waals surface area contributed by atoms with Crippen molar-refractivity contribution in [2.24, 2.45) is 0 Å². The SMILES string of the molecule is CC(=O)N1CCN(C(C)C)CC1.CC(C)N1CCOCC1.CC(C)S(=O)(=O)N(C)C.CC(C)S(=O)(=O)N(C)C(C)(C)C.CC(C)S(=O)(=O)N1CCC1.CC(C)S(=O)(=O)N1CCCC1.CC(C)S(=O)(=O)N1CCOCC1.CCN(CC)S(=O)(=O)C(C)C. The smallest absolute Gasteiger partial charge is 0.219 e. The first kappa shape index (κ1) is 89.0. The molecule has 86 heavy (non-hydrogen) atoms. The van der Waals surface area contributed by atoms with Crippen LogP contribution < -0.4 is 0 Å². The monoisotopic (exact) mass is 1360 g/mol. The number of amides is 1. The van der Waals surface area contributed by atoms with Gasteiger partial charge < -0.3 is 14.4 Å². The van der Waals surface area contributed by atoms with Gasteiger partial charge in [0.1, 0.15) is 0 Å². The summed E-state index contributed by atoms with van der Waals surface area (Å²) < 4.78 is 156. The van der Waals surface area contributed by atoms with E-state index in [1.54, 1.807) is 101 Å². The Morgan fingerprint density at radius 3 is 0.884 bits per heavy atom. The third kappa shape index (κ3) is 31.9. The Bertz CT molecular complexity index is 2480. The molecule has 0 radical (unpaired) electrons. The van der Waals surface area contributed by atoms with Crippen LogP contribution in [0.25, 0.3) is 0 Å². The Morgan fingerprint density at radius 2 is 0.698 bits per heavy atom. The minimum atomic E-state index is -3.10. The summed E-state index contributed by atoms with van der Waals surface area (Å²) in [5.41, 5.74) is -0.330. The molecule has 0 bridgehead atoms. The summed E-state index contributed by atoms with van der Waals surface area (Å²) in [5, 5.41) is -1.80. The van der Waals surface area contributed by atoms with Gasteiger partial charge in [0, 0.05) is 137 Å². The Labute approximate surface area is 528 Å². The van der Waals surface area contributed by atoms with E-state index in [1.807, 2.05) is 39.5 Å². The molecule has 0 aromatic carbocycles. The minimum Gasteiger partial charge on any atom is -0.379 e. The lowest BCUT2D eigenvalue weighted by Crippen LogP contribution is -2.50. The predicted molar refractivity (Wildman–Crippen MR) is 354 cm³/mol. The van der Waals surface area contributed by atoms with E-state index in [1.165, 1.54) is 35.6 Å². The standard InChI is InChI=1S/C9H18N2O.C8H19NO2S.C7H15NO3S.C7H15NO2S.C7H17NO2S.C7H15NO.C6H13NO2S.C5H13NO2S/c1-8(2)10-4-6-11(7-5-10)9(3)12;1-7(2)12(10,11)9(6)8(3,4)5;1-7(2)12(9,10)8-3-5-11-6-4-8;1-7(2)11(9,10)8-5-3-4-6-8;1-5-8(6-2)11(9,10)7(3)4;1-7(2)8-3-5-9-6-4-8;1-6(2)10(8,9)7-4-3-5-7;1-5(2)9(7,8)6(3)4/h8H,4-7H2,1-3H3;7H,1-6H3;7H,3-6H2,1-2H3;7H,3-6H2,1-2H3;7H,5-6H2,1-4H3;7H,3-6H2,1-2H3;6H,3-5H2,1-2H3;5H,1-4H3. The van der Waals surface area contributed by atoms with Gasteiger partial charge >= 0.3 is 0 Å². The van der Waals surface area contributed by atoms with Crippen molar-refractivity contribution < 1.29 is 64.8 Å². The van der Waals surface area contributed by atoms with E-state index in [4.69, 9.17) is 9.47 Å². The van der Waals surface area contributed by atoms with Gasteiger partial charge in [-0.05, 0) is 151 Å². The molecule has 0 spiro atoms. The van der Waals surface area contributed by atoms with E-state index in [9.17, 15) is 55.3 Å². The highest BCUT2D eigenvalue weighted by molar-refractivity contribution is 7.91. The summed E-state index contributed by atoms with van der Waals surface area (Å²) >= 11 is 0. The van der Waals surface area contributed by atoms with Crippen molar-refractivity contribution in [1.82, 2.24) is 40.5 Å². The van der Waals surface area contributed by atoms with Crippen LogP contribution in [0.1, 0.15) is 172 Å². The molecule has 520 valence electrons. The number of morpholine rings is 2. The van der Waals surface area contributed by atoms with Crippen molar-refractivity contribution in [2.75, 3.05) is 139 Å². The van der Waals surface area contributed by atoms with Crippen LogP contribution >= 0.6 is 0 Å². The van der Waals surface area contributed by atoms with E-state index >= 15 is 0 Å². The molecular weight excluding hydrogens is 1230 g/mol. The summed E-state index contributed by atoms with van der Waals surface area (Å²) in [5.74, 6) is 0.207. The summed E-state index contributed by atoms with van der Waals surface area (Å²) in [6, 6.07) is 1.30. The van der Waals surface area contributed by atoms with Crippen LogP contribution in [0.3, 0.4) is 0 Å². The van der Waals surface area contributed by atoms with Crippen molar-refractivity contribution in [2.45, 2.75) is 221 Å². The van der Waals surface area contributed by atoms with Gasteiger partial charge in [-0.25, -0.2) is 67.7 Å². The number of hydrogen-bond donors (Lipinski definition) is 0. The van der Waals surface area contributed by atoms with E-state index in [0.717, 1.165) is 97.9 Å². The van der Waals surface area contributed by atoms with E-state index in [2.05, 4.69) is 37.5 Å². The van der Waals surface area contributed by atoms with Crippen molar-refractivity contribution in [1.29, 1.82) is 0 Å². The van der Waals surface area contributed by atoms with Gasteiger partial charge in [-0.1, -0.05) is 13.8 Å². The number of nitrogens with zero attached hydrogens (tertiary/aromatic N) is 9. The number of rotatable bonds is 16. The number of hydrogen-bond acceptors (Lipinski definition) is 17. The van der Waals surface area contributed by atoms with Crippen LogP contribution in [-0.4, -0.2) is 285 Å². The van der Waals surface area contributed by atoms with Crippen LogP contribution in [0.2, 0.25) is 0 Å². The summed E-state index contributed by atoms with van der Waals surface area (Å²) in [4.78, 5) is 17.7. The Morgan fingerprint density at radius 1 is 0.407 bits per heavy atom. The van der Waals surface area contributed by atoms with Gasteiger partial charge in [-0.2, -0.15) is 8.61 Å². The van der Waals surface area contributed by atoms with Crippen LogP contribution in [0, 0.1) is 0 Å². The molecule has 0 atom stereocenters. The molecule has 1 amide bonds. The van der Waals surface area contributed by atoms with Crippen molar-refractivity contribution in [3.8, 4) is 0 Å². The van der Waals surface area contributed by atoms with Crippen molar-refractivity contribution in [3.05, 3.63) is 0 Å². The molecule has 5 heterocycles. The largest absolute Gasteiger partial charge is 0.379 e. The maximum absolute atomic E-state index is 11.6. The molecule has 5 saturated heterocycles. The number of piperazine rings is 1. The minimum absolute atomic E-state index is 0.207. The normalized spacial score (nSPS) is 18.4. The maximum Gasteiger partial charge on any atom is 0.219 e. The molecule has 0 saturated carbocycles. The molecule has 30 heteroatoms. The molecular formula is C56H125N9O15S6. The molecule has 5 rings (SSSR count). The van der Waals surface area contributed by atoms with E-state index < -0.39 is 60.1 Å². The highest BCUT2D eigenvalue weighted by atomic mass is 32.2. The fraction of sp³-hybridized carbons (Fsp3) is 0.982. The first-order valence-electron chi connectivity index (χ1n) is 30.8. The fourth-order valence-electron chi connectivity index (χ4n) is 7.83. The highest BCUT2D eigenvalue weighted by Crippen LogP contribution is 2.20. The summed E-state index contributed by atoms with van der Waals surface area (Å²) in [6.45, 7) is 54.2. The Kier molecular flexibility index (Phi) is 42.8. The Hall–Kier alpha value is -1.23. The van der Waals surface area contributed by atoms with E-state index in [0.29, 0.717) is 51.5 Å². The highest BCUT2D eigenvalue weighted by Gasteiger charge is 2.33. The molecule has 0 unspecified atom stereocenters. The molecule has 5 aliphatic heterocycles. The molecule has 0 aromatic rings. The lowest BCUT2D eigenvalue weighted by molar-refractivity contribution is -0.130. The second-order valence-electron chi connectivity index (χ2n) is 24.8. The van der Waals surface area contributed by atoms with Crippen LogP contribution in [0.4, 0.5) is 0 Å². The van der Waals surface area contributed by atoms with Crippen molar-refractivity contribution >= 4 is 66.0 Å². The number of sulfonamides is 6. The number of carbonyl (C=O) groups is 1. The Balaban J connectivity index is -0.000000917. The third-order valence-electron chi connectivity index (χ3n) is 14.7. The molecule has 0 N–H and O–H groups in total. The number of carbonyl (C=O) groups excluding carboxylic acids is 1. The van der Waals surface area contributed by atoms with Gasteiger partial charge in [-0.15, -0.1) is 0 Å². The fourth-order valence-corrected chi connectivity index (χ4v) is 15.4. The number of ether oxygens (including phenoxy) is 2. The van der Waals surface area contributed by atoms with Gasteiger partial charge in [0.2, 0.25) is 66.0 Å². The summed E-state index contributed by atoms with van der Waals surface area (Å²) in [6.07, 6.45) is 3.06. The second-order valence-corrected chi connectivity index (χ2v) is 40.0. The zero-order valence-corrected chi connectivity index (χ0v) is 63.0. The van der Waals surface area contributed by atoms with E-state index in [-0.39, 0.29) is 42.9 Å². The third-order valence-corrected chi connectivity index (χ3v) is 28.6. The van der Waals surface area contributed by atoms with Gasteiger partial charge in [-0.3, -0.25) is 14.6 Å². The lowest BCUT2D eigenvalue weighted by Gasteiger charge is -2.36. The van der Waals surface area contributed by atoms with Crippen LogP contribution in [0.15, 0.2) is 0 Å². The maximum atomic E-state index is 11.6. The molecule has 24 nitrogen and oxygen atoms in total. The van der Waals surface area contributed by atoms with Crippen LogP contribution in [-0.2, 0) is 74.4 Å². The average Bonchev–Trinajstić information content (AvgIpc) is 4.11. The topological polar surface area (TPSA) is 270 Å². The molecule has 5 fully saturated rings. The summed E-state index contributed by atoms with van der Waals surface area (Å²) in [7, 11) is -13.3. The molecule has 0 aliphatic carbocycles. The zero-order chi connectivity index (χ0) is 68.2. The lowest BCUT2D eigenvalue weighted by atomic mass is 10.1. The zero-order valence-electron chi connectivity index (χ0n) is 58.1. The van der Waals surface area contributed by atoms with Crippen LogP contribution in [0.5, 0.6) is 0 Å². The average molecular weight is 1360 g/mol. The van der Waals surface area contributed by atoms with Gasteiger partial charge in [0.15, 0.2) is 0 Å². The van der Waals surface area contributed by atoms with Gasteiger partial charge in [0.25, 0.3) is 0 Å². The molecule has 5 aliphatic rings.